The van der Waals surface area contributed by atoms with Gasteiger partial charge >= 0.3 is 0 Å². The zero-order valence-corrected chi connectivity index (χ0v) is 8.40. The molecular weight excluding hydrogens is 236 g/mol. The second kappa shape index (κ2) is 3.95. The first kappa shape index (κ1) is 10.3. The minimum absolute atomic E-state index is 0.00154. The van der Waals surface area contributed by atoms with Gasteiger partial charge in [0.15, 0.2) is 16.3 Å². The lowest BCUT2D eigenvalue weighted by Gasteiger charge is -1.98. The van der Waals surface area contributed by atoms with Gasteiger partial charge in [-0.15, -0.1) is 0 Å². The van der Waals surface area contributed by atoms with Gasteiger partial charge < -0.3 is 11.5 Å². The average Bonchev–Trinajstić information content (AvgIpc) is 1.98. The van der Waals surface area contributed by atoms with E-state index in [1.807, 2.05) is 0 Å². The maximum atomic E-state index is 5.59. The lowest BCUT2D eigenvalue weighted by Crippen LogP contribution is -2.22. The SMILES string of the molecule is NC(N)=Nc1nc(Cl)c(Cl)c(Cl)n1. The zero-order chi connectivity index (χ0) is 10.0. The van der Waals surface area contributed by atoms with E-state index in [2.05, 4.69) is 15.0 Å². The van der Waals surface area contributed by atoms with E-state index < -0.39 is 0 Å². The van der Waals surface area contributed by atoms with Gasteiger partial charge in [0, 0.05) is 0 Å². The van der Waals surface area contributed by atoms with Gasteiger partial charge in [-0.2, -0.15) is 15.0 Å². The Balaban J connectivity index is 3.21. The van der Waals surface area contributed by atoms with Crippen molar-refractivity contribution in [3.8, 4) is 0 Å². The standard InChI is InChI=1S/C5H4Cl3N5/c6-1-2(7)11-5(12-3(1)8)13-4(9)10/h(H4,9,10,11,12,13). The van der Waals surface area contributed by atoms with Crippen LogP contribution in [0.4, 0.5) is 5.95 Å². The highest BCUT2D eigenvalue weighted by molar-refractivity contribution is 6.46. The van der Waals surface area contributed by atoms with E-state index in [4.69, 9.17) is 46.3 Å². The van der Waals surface area contributed by atoms with Gasteiger partial charge in [-0.05, 0) is 0 Å². The van der Waals surface area contributed by atoms with Gasteiger partial charge in [0.25, 0.3) is 5.95 Å². The van der Waals surface area contributed by atoms with Crippen LogP contribution in [0.2, 0.25) is 15.3 Å². The maximum absolute atomic E-state index is 5.59. The third kappa shape index (κ3) is 2.58. The molecule has 0 saturated heterocycles. The number of aromatic nitrogens is 2. The summed E-state index contributed by atoms with van der Waals surface area (Å²) in [6.45, 7) is 0. The van der Waals surface area contributed by atoms with Crippen LogP contribution in [0.25, 0.3) is 0 Å². The number of rotatable bonds is 1. The van der Waals surface area contributed by atoms with Crippen LogP contribution in [0.5, 0.6) is 0 Å². The first-order chi connectivity index (χ1) is 6.00. The molecule has 1 heterocycles. The van der Waals surface area contributed by atoms with Crippen LogP contribution < -0.4 is 11.5 Å². The molecule has 1 aromatic heterocycles. The van der Waals surface area contributed by atoms with Crippen molar-refractivity contribution in [3.63, 3.8) is 0 Å². The average molecular weight is 240 g/mol. The predicted octanol–water partition coefficient (Wildman–Crippen LogP) is 1.34. The first-order valence-corrected chi connectivity index (χ1v) is 4.12. The summed E-state index contributed by atoms with van der Waals surface area (Å²) in [6, 6.07) is 0. The molecule has 70 valence electrons. The molecule has 1 aromatic rings. The molecule has 0 atom stereocenters. The maximum Gasteiger partial charge on any atom is 0.255 e. The topological polar surface area (TPSA) is 90.2 Å². The van der Waals surface area contributed by atoms with E-state index >= 15 is 0 Å². The Bertz CT molecular complexity index is 336. The van der Waals surface area contributed by atoms with Gasteiger partial charge in [0.2, 0.25) is 0 Å². The van der Waals surface area contributed by atoms with Gasteiger partial charge in [0.1, 0.15) is 5.02 Å². The summed E-state index contributed by atoms with van der Waals surface area (Å²) in [5.74, 6) is -0.214. The molecule has 4 N–H and O–H groups in total. The molecule has 1 rings (SSSR count). The van der Waals surface area contributed by atoms with Crippen LogP contribution >= 0.6 is 34.8 Å². The first-order valence-electron chi connectivity index (χ1n) is 2.99. The van der Waals surface area contributed by atoms with Crippen LogP contribution in [-0.4, -0.2) is 15.9 Å². The molecule has 0 saturated carbocycles. The van der Waals surface area contributed by atoms with Gasteiger partial charge in [-0.3, -0.25) is 0 Å². The lowest BCUT2D eigenvalue weighted by atomic mass is 10.6. The van der Waals surface area contributed by atoms with Crippen molar-refractivity contribution in [1.29, 1.82) is 0 Å². The van der Waals surface area contributed by atoms with E-state index in [9.17, 15) is 0 Å². The van der Waals surface area contributed by atoms with Gasteiger partial charge in [0.05, 0.1) is 0 Å². The Labute approximate surface area is 88.7 Å². The quantitative estimate of drug-likeness (QED) is 0.440. The van der Waals surface area contributed by atoms with Crippen LogP contribution in [0.15, 0.2) is 4.99 Å². The van der Waals surface area contributed by atoms with E-state index in [1.54, 1.807) is 0 Å². The number of nitrogens with zero attached hydrogens (tertiary/aromatic N) is 3. The predicted molar refractivity (Wildman–Crippen MR) is 52.5 cm³/mol. The lowest BCUT2D eigenvalue weighted by molar-refractivity contribution is 1.13. The molecule has 5 nitrogen and oxygen atoms in total. The Morgan fingerprint density at radius 2 is 1.54 bits per heavy atom. The molecule has 0 amide bonds. The number of aliphatic imine (C=N–C) groups is 1. The highest BCUT2D eigenvalue weighted by atomic mass is 35.5. The summed E-state index contributed by atoms with van der Waals surface area (Å²) < 4.78 is 0. The van der Waals surface area contributed by atoms with Gasteiger partial charge in [-0.25, -0.2) is 0 Å². The zero-order valence-electron chi connectivity index (χ0n) is 6.13. The minimum atomic E-state index is -0.186. The van der Waals surface area contributed by atoms with Crippen molar-refractivity contribution in [1.82, 2.24) is 9.97 Å². The highest BCUT2D eigenvalue weighted by Gasteiger charge is 2.08. The van der Waals surface area contributed by atoms with Crippen LogP contribution in [0.3, 0.4) is 0 Å². The highest BCUT2D eigenvalue weighted by Crippen LogP contribution is 2.28. The summed E-state index contributed by atoms with van der Waals surface area (Å²) in [4.78, 5) is 10.9. The summed E-state index contributed by atoms with van der Waals surface area (Å²) in [6.07, 6.45) is 0. The van der Waals surface area contributed by atoms with E-state index in [0.717, 1.165) is 0 Å². The summed E-state index contributed by atoms with van der Waals surface area (Å²) in [5.41, 5.74) is 10.2. The largest absolute Gasteiger partial charge is 0.370 e. The Hall–Kier alpha value is -0.780. The summed E-state index contributed by atoms with van der Waals surface area (Å²) in [7, 11) is 0. The molecule has 0 aliphatic carbocycles. The molecule has 13 heavy (non-hydrogen) atoms. The molecule has 0 aromatic carbocycles. The third-order valence-corrected chi connectivity index (χ3v) is 2.09. The van der Waals surface area contributed by atoms with Crippen molar-refractivity contribution in [2.75, 3.05) is 0 Å². The summed E-state index contributed by atoms with van der Waals surface area (Å²) >= 11 is 16.8. The smallest absolute Gasteiger partial charge is 0.255 e. The second-order valence-corrected chi connectivity index (χ2v) is 3.05. The van der Waals surface area contributed by atoms with Crippen LogP contribution in [0.1, 0.15) is 0 Å². The Morgan fingerprint density at radius 3 is 1.92 bits per heavy atom. The number of hydrogen-bond donors (Lipinski definition) is 2. The molecule has 0 bridgehead atoms. The monoisotopic (exact) mass is 239 g/mol. The van der Waals surface area contributed by atoms with E-state index in [0.29, 0.717) is 0 Å². The fraction of sp³-hybridized carbons (Fsp3) is 0. The fourth-order valence-electron chi connectivity index (χ4n) is 0.549. The molecular formula is C5H4Cl3N5. The summed E-state index contributed by atoms with van der Waals surface area (Å²) in [5, 5.41) is 0.0706. The van der Waals surface area contributed by atoms with Crippen LogP contribution in [-0.2, 0) is 0 Å². The number of guanidine groups is 1. The fourth-order valence-corrected chi connectivity index (χ4v) is 1.01. The van der Waals surface area contributed by atoms with Crippen molar-refractivity contribution < 1.29 is 0 Å². The third-order valence-electron chi connectivity index (χ3n) is 0.988. The molecule has 0 fully saturated rings. The molecule has 8 heteroatoms. The second-order valence-electron chi connectivity index (χ2n) is 1.96. The van der Waals surface area contributed by atoms with Crippen molar-refractivity contribution in [2.45, 2.75) is 0 Å². The normalized spacial score (nSPS) is 9.77. The van der Waals surface area contributed by atoms with E-state index in [1.165, 1.54) is 0 Å². The Kier molecular flexibility index (Phi) is 3.13. The van der Waals surface area contributed by atoms with Crippen LogP contribution in [0, 0.1) is 0 Å². The van der Waals surface area contributed by atoms with E-state index in [-0.39, 0.29) is 27.2 Å². The molecule has 0 unspecified atom stereocenters. The van der Waals surface area contributed by atoms with Gasteiger partial charge in [-0.1, -0.05) is 34.8 Å². The number of nitrogens with two attached hydrogens (primary N) is 2. The number of hydrogen-bond acceptors (Lipinski definition) is 3. The Morgan fingerprint density at radius 1 is 1.08 bits per heavy atom. The molecule has 0 aliphatic rings. The molecule has 0 spiro atoms. The van der Waals surface area contributed by atoms with Crippen molar-refractivity contribution >= 4 is 46.7 Å². The van der Waals surface area contributed by atoms with Crippen molar-refractivity contribution in [3.05, 3.63) is 15.3 Å². The minimum Gasteiger partial charge on any atom is -0.370 e. The van der Waals surface area contributed by atoms with Crippen molar-refractivity contribution in [2.24, 2.45) is 16.5 Å². The molecule has 0 radical (unpaired) electrons. The molecule has 0 aliphatic heterocycles. The number of halogens is 3.